The van der Waals surface area contributed by atoms with E-state index in [-0.39, 0.29) is 5.97 Å². The van der Waals surface area contributed by atoms with Gasteiger partial charge in [0.05, 0.1) is 12.7 Å². The van der Waals surface area contributed by atoms with Crippen LogP contribution < -0.4 is 5.73 Å². The molecule has 5 heteroatoms. The van der Waals surface area contributed by atoms with Crippen molar-refractivity contribution in [2.24, 2.45) is 0 Å². The number of nitrogen functional groups attached to an aromatic ring is 1. The van der Waals surface area contributed by atoms with Crippen molar-refractivity contribution in [3.8, 4) is 0 Å². The predicted molar refractivity (Wildman–Crippen MR) is 83.2 cm³/mol. The summed E-state index contributed by atoms with van der Waals surface area (Å²) in [6, 6.07) is 12.7. The SMILES string of the molecule is COC(=O)c1ccccc1CSc1cc(Cl)ccc1N. The van der Waals surface area contributed by atoms with Crippen molar-refractivity contribution >= 4 is 35.0 Å². The highest BCUT2D eigenvalue weighted by molar-refractivity contribution is 7.98. The highest BCUT2D eigenvalue weighted by Gasteiger charge is 2.11. The molecule has 0 saturated heterocycles. The van der Waals surface area contributed by atoms with Crippen LogP contribution in [0.3, 0.4) is 0 Å². The number of hydrogen-bond acceptors (Lipinski definition) is 4. The minimum absolute atomic E-state index is 0.333. The van der Waals surface area contributed by atoms with E-state index in [0.29, 0.717) is 22.0 Å². The molecule has 0 amide bonds. The van der Waals surface area contributed by atoms with Gasteiger partial charge in [-0.1, -0.05) is 29.8 Å². The molecule has 2 N–H and O–H groups in total. The summed E-state index contributed by atoms with van der Waals surface area (Å²) in [5.41, 5.74) is 8.06. The van der Waals surface area contributed by atoms with Gasteiger partial charge in [-0.2, -0.15) is 0 Å². The number of thioether (sulfide) groups is 1. The maximum atomic E-state index is 11.7. The number of hydrogen-bond donors (Lipinski definition) is 1. The van der Waals surface area contributed by atoms with Crippen molar-refractivity contribution in [1.29, 1.82) is 0 Å². The fourth-order valence-corrected chi connectivity index (χ4v) is 2.99. The molecule has 3 nitrogen and oxygen atoms in total. The van der Waals surface area contributed by atoms with E-state index in [2.05, 4.69) is 0 Å². The van der Waals surface area contributed by atoms with E-state index >= 15 is 0 Å². The third-order valence-electron chi connectivity index (χ3n) is 2.78. The highest BCUT2D eigenvalue weighted by Crippen LogP contribution is 2.31. The van der Waals surface area contributed by atoms with Crippen LogP contribution in [0.4, 0.5) is 5.69 Å². The van der Waals surface area contributed by atoms with Gasteiger partial charge in [-0.05, 0) is 29.8 Å². The van der Waals surface area contributed by atoms with Crippen LogP contribution in [-0.2, 0) is 10.5 Å². The van der Waals surface area contributed by atoms with E-state index in [1.165, 1.54) is 18.9 Å². The predicted octanol–water partition coefficient (Wildman–Crippen LogP) is 4.00. The Morgan fingerprint density at radius 3 is 2.80 bits per heavy atom. The van der Waals surface area contributed by atoms with Gasteiger partial charge in [-0.25, -0.2) is 4.79 Å². The molecule has 0 atom stereocenters. The summed E-state index contributed by atoms with van der Waals surface area (Å²) in [5, 5.41) is 0.642. The maximum Gasteiger partial charge on any atom is 0.338 e. The normalized spacial score (nSPS) is 10.3. The fraction of sp³-hybridized carbons (Fsp3) is 0.133. The Bertz CT molecular complexity index is 631. The lowest BCUT2D eigenvalue weighted by molar-refractivity contribution is 0.0600. The van der Waals surface area contributed by atoms with Crippen molar-refractivity contribution in [2.75, 3.05) is 12.8 Å². The Morgan fingerprint density at radius 2 is 2.05 bits per heavy atom. The van der Waals surface area contributed by atoms with Gasteiger partial charge in [-0.3, -0.25) is 0 Å². The average Bonchev–Trinajstić information content (AvgIpc) is 2.47. The molecule has 2 aromatic carbocycles. The summed E-state index contributed by atoms with van der Waals surface area (Å²) in [5.74, 6) is 0.288. The number of rotatable bonds is 4. The molecule has 104 valence electrons. The molecule has 20 heavy (non-hydrogen) atoms. The number of nitrogens with two attached hydrogens (primary N) is 1. The van der Waals surface area contributed by atoms with E-state index in [9.17, 15) is 4.79 Å². The fourth-order valence-electron chi connectivity index (χ4n) is 1.74. The molecule has 0 aromatic heterocycles. The number of carbonyl (C=O) groups is 1. The molecule has 0 fully saturated rings. The van der Waals surface area contributed by atoms with Crippen LogP contribution in [0, 0.1) is 0 Å². The first-order valence-electron chi connectivity index (χ1n) is 5.96. The number of esters is 1. The summed E-state index contributed by atoms with van der Waals surface area (Å²) in [4.78, 5) is 12.6. The quantitative estimate of drug-likeness (QED) is 0.527. The topological polar surface area (TPSA) is 52.3 Å². The van der Waals surface area contributed by atoms with Crippen LogP contribution in [0.1, 0.15) is 15.9 Å². The molecule has 0 aliphatic heterocycles. The van der Waals surface area contributed by atoms with E-state index in [4.69, 9.17) is 22.1 Å². The monoisotopic (exact) mass is 307 g/mol. The highest BCUT2D eigenvalue weighted by atomic mass is 35.5. The van der Waals surface area contributed by atoms with Gasteiger partial charge in [0, 0.05) is 21.4 Å². The molecule has 0 aliphatic rings. The zero-order chi connectivity index (χ0) is 14.5. The first-order chi connectivity index (χ1) is 9.61. The van der Waals surface area contributed by atoms with Crippen LogP contribution in [0.5, 0.6) is 0 Å². The molecular formula is C15H14ClNO2S. The van der Waals surface area contributed by atoms with Crippen molar-refractivity contribution in [1.82, 2.24) is 0 Å². The smallest absolute Gasteiger partial charge is 0.338 e. The second kappa shape index (κ2) is 6.68. The second-order valence-electron chi connectivity index (χ2n) is 4.12. The molecule has 2 rings (SSSR count). The van der Waals surface area contributed by atoms with Crippen molar-refractivity contribution in [3.05, 3.63) is 58.6 Å². The average molecular weight is 308 g/mol. The van der Waals surface area contributed by atoms with Crippen LogP contribution in [-0.4, -0.2) is 13.1 Å². The molecular weight excluding hydrogens is 294 g/mol. The van der Waals surface area contributed by atoms with Crippen LogP contribution in [0.15, 0.2) is 47.4 Å². The minimum Gasteiger partial charge on any atom is -0.465 e. The molecule has 2 aromatic rings. The lowest BCUT2D eigenvalue weighted by Gasteiger charge is -2.09. The molecule has 0 unspecified atom stereocenters. The van der Waals surface area contributed by atoms with E-state index in [1.54, 1.807) is 18.2 Å². The molecule has 0 aliphatic carbocycles. The Hall–Kier alpha value is -1.65. The Labute approximate surface area is 127 Å². The van der Waals surface area contributed by atoms with Gasteiger partial charge >= 0.3 is 5.97 Å². The number of ether oxygens (including phenoxy) is 1. The Balaban J connectivity index is 2.19. The molecule has 0 spiro atoms. The number of anilines is 1. The zero-order valence-electron chi connectivity index (χ0n) is 10.9. The summed E-state index contributed by atoms with van der Waals surface area (Å²) >= 11 is 7.50. The van der Waals surface area contributed by atoms with Gasteiger partial charge in [-0.15, -0.1) is 11.8 Å². The van der Waals surface area contributed by atoms with Gasteiger partial charge in [0.15, 0.2) is 0 Å². The summed E-state index contributed by atoms with van der Waals surface area (Å²) in [6.45, 7) is 0. The third kappa shape index (κ3) is 3.46. The third-order valence-corrected chi connectivity index (χ3v) is 4.14. The zero-order valence-corrected chi connectivity index (χ0v) is 12.5. The van der Waals surface area contributed by atoms with Crippen LogP contribution in [0.2, 0.25) is 5.02 Å². The Morgan fingerprint density at radius 1 is 1.30 bits per heavy atom. The maximum absolute atomic E-state index is 11.7. The summed E-state index contributed by atoms with van der Waals surface area (Å²) < 4.78 is 4.78. The molecule has 0 heterocycles. The molecule has 0 radical (unpaired) electrons. The van der Waals surface area contributed by atoms with Crippen LogP contribution >= 0.6 is 23.4 Å². The van der Waals surface area contributed by atoms with Gasteiger partial charge in [0.1, 0.15) is 0 Å². The molecule has 0 saturated carbocycles. The number of halogens is 1. The van der Waals surface area contributed by atoms with Crippen molar-refractivity contribution in [3.63, 3.8) is 0 Å². The van der Waals surface area contributed by atoms with Crippen molar-refractivity contribution < 1.29 is 9.53 Å². The van der Waals surface area contributed by atoms with Crippen molar-refractivity contribution in [2.45, 2.75) is 10.6 Å². The number of benzene rings is 2. The molecule has 0 bridgehead atoms. The summed E-state index contributed by atoms with van der Waals surface area (Å²) in [7, 11) is 1.38. The number of carbonyl (C=O) groups excluding carboxylic acids is 1. The first kappa shape index (κ1) is 14.8. The number of methoxy groups -OCH3 is 1. The second-order valence-corrected chi connectivity index (χ2v) is 5.57. The lowest BCUT2D eigenvalue weighted by atomic mass is 10.1. The summed E-state index contributed by atoms with van der Waals surface area (Å²) in [6.07, 6.45) is 0. The van der Waals surface area contributed by atoms with E-state index < -0.39 is 0 Å². The van der Waals surface area contributed by atoms with Gasteiger partial charge in [0.25, 0.3) is 0 Å². The standard InChI is InChI=1S/C15H14ClNO2S/c1-19-15(18)12-5-3-2-4-10(12)9-20-14-8-11(16)6-7-13(14)17/h2-8H,9,17H2,1H3. The van der Waals surface area contributed by atoms with E-state index in [0.717, 1.165) is 10.5 Å². The van der Waals surface area contributed by atoms with E-state index in [1.807, 2.05) is 24.3 Å². The largest absolute Gasteiger partial charge is 0.465 e. The minimum atomic E-state index is -0.333. The van der Waals surface area contributed by atoms with Gasteiger partial charge < -0.3 is 10.5 Å². The lowest BCUT2D eigenvalue weighted by Crippen LogP contribution is -2.04. The first-order valence-corrected chi connectivity index (χ1v) is 7.32. The Kier molecular flexibility index (Phi) is 4.93. The van der Waals surface area contributed by atoms with Gasteiger partial charge in [0.2, 0.25) is 0 Å². The van der Waals surface area contributed by atoms with Crippen LogP contribution in [0.25, 0.3) is 0 Å².